The first-order valence-corrected chi connectivity index (χ1v) is 6.31. The van der Waals surface area contributed by atoms with Gasteiger partial charge in [0.15, 0.2) is 0 Å². The van der Waals surface area contributed by atoms with Crippen molar-refractivity contribution in [3.8, 4) is 0 Å². The predicted octanol–water partition coefficient (Wildman–Crippen LogP) is 2.06. The Balaban J connectivity index is 1.98. The van der Waals surface area contributed by atoms with Crippen LogP contribution in [-0.4, -0.2) is 30.3 Å². The van der Waals surface area contributed by atoms with E-state index in [2.05, 4.69) is 23.7 Å². The molecule has 1 aromatic rings. The number of nitrogens with zero attached hydrogens (tertiary/aromatic N) is 2. The van der Waals surface area contributed by atoms with Crippen molar-refractivity contribution in [2.24, 2.45) is 0 Å². The van der Waals surface area contributed by atoms with Crippen LogP contribution >= 0.6 is 0 Å². The lowest BCUT2D eigenvalue weighted by Crippen LogP contribution is -2.33. The summed E-state index contributed by atoms with van der Waals surface area (Å²) in [6.07, 6.45) is 4.75. The summed E-state index contributed by atoms with van der Waals surface area (Å²) in [6.45, 7) is 6.12. The molecular formula is C13H21N3O. The van der Waals surface area contributed by atoms with Gasteiger partial charge >= 0.3 is 0 Å². The van der Waals surface area contributed by atoms with Gasteiger partial charge in [-0.3, -0.25) is 0 Å². The van der Waals surface area contributed by atoms with E-state index in [4.69, 9.17) is 10.5 Å². The number of hydrogen-bond acceptors (Lipinski definition) is 4. The average Bonchev–Trinajstić information content (AvgIpc) is 2.73. The number of likely N-dealkylation sites (N-methyl/N-ethyl adjacent to an activating group) is 1. The van der Waals surface area contributed by atoms with Crippen molar-refractivity contribution in [2.75, 3.05) is 23.7 Å². The summed E-state index contributed by atoms with van der Waals surface area (Å²) in [5, 5.41) is 0. The third kappa shape index (κ3) is 3.09. The second-order valence-electron chi connectivity index (χ2n) is 4.63. The molecular weight excluding hydrogens is 214 g/mol. The lowest BCUT2D eigenvalue weighted by molar-refractivity contribution is 0.0600. The summed E-state index contributed by atoms with van der Waals surface area (Å²) >= 11 is 0. The molecule has 2 heterocycles. The van der Waals surface area contributed by atoms with Gasteiger partial charge in [-0.25, -0.2) is 4.98 Å². The summed E-state index contributed by atoms with van der Waals surface area (Å²) < 4.78 is 5.84. The number of pyridine rings is 1. The zero-order valence-electron chi connectivity index (χ0n) is 10.6. The molecule has 2 unspecified atom stereocenters. The second kappa shape index (κ2) is 5.36. The first kappa shape index (κ1) is 12.2. The highest BCUT2D eigenvalue weighted by Crippen LogP contribution is 2.22. The molecule has 1 aliphatic heterocycles. The van der Waals surface area contributed by atoms with Gasteiger partial charge in [-0.05, 0) is 38.8 Å². The van der Waals surface area contributed by atoms with Crippen molar-refractivity contribution in [3.05, 3.63) is 18.3 Å². The Morgan fingerprint density at radius 3 is 2.82 bits per heavy atom. The molecule has 4 nitrogen and oxygen atoms in total. The average molecular weight is 235 g/mol. The molecule has 94 valence electrons. The first-order valence-electron chi connectivity index (χ1n) is 6.31. The maximum Gasteiger partial charge on any atom is 0.128 e. The number of nitrogens with two attached hydrogens (primary N) is 1. The number of anilines is 2. The van der Waals surface area contributed by atoms with E-state index in [1.807, 2.05) is 12.1 Å². The van der Waals surface area contributed by atoms with Crippen LogP contribution in [0.1, 0.15) is 26.7 Å². The SMILES string of the molecule is CCN(CC1CCC(C)O1)c1ccc(N)cn1. The number of hydrogen-bond donors (Lipinski definition) is 1. The number of nitrogen functional groups attached to an aromatic ring is 1. The maximum atomic E-state index is 5.84. The second-order valence-corrected chi connectivity index (χ2v) is 4.63. The quantitative estimate of drug-likeness (QED) is 0.868. The van der Waals surface area contributed by atoms with Gasteiger partial charge in [-0.2, -0.15) is 0 Å². The highest BCUT2D eigenvalue weighted by Gasteiger charge is 2.23. The first-order chi connectivity index (χ1) is 8.19. The van der Waals surface area contributed by atoms with E-state index in [0.717, 1.165) is 31.7 Å². The highest BCUT2D eigenvalue weighted by molar-refractivity contribution is 5.45. The Labute approximate surface area is 103 Å². The lowest BCUT2D eigenvalue weighted by atomic mass is 10.2. The summed E-state index contributed by atoms with van der Waals surface area (Å²) in [6, 6.07) is 3.86. The van der Waals surface area contributed by atoms with E-state index < -0.39 is 0 Å². The molecule has 0 aromatic carbocycles. The normalized spacial score (nSPS) is 23.9. The van der Waals surface area contributed by atoms with Gasteiger partial charge in [-0.15, -0.1) is 0 Å². The maximum absolute atomic E-state index is 5.84. The summed E-state index contributed by atoms with van der Waals surface area (Å²) in [4.78, 5) is 6.59. The Hall–Kier alpha value is -1.29. The van der Waals surface area contributed by atoms with Gasteiger partial charge in [0, 0.05) is 13.1 Å². The van der Waals surface area contributed by atoms with Crippen LogP contribution in [0, 0.1) is 0 Å². The molecule has 4 heteroatoms. The van der Waals surface area contributed by atoms with Gasteiger partial charge in [0.25, 0.3) is 0 Å². The fourth-order valence-electron chi connectivity index (χ4n) is 2.23. The molecule has 17 heavy (non-hydrogen) atoms. The van der Waals surface area contributed by atoms with E-state index in [1.165, 1.54) is 0 Å². The van der Waals surface area contributed by atoms with Gasteiger partial charge in [0.1, 0.15) is 5.82 Å². The van der Waals surface area contributed by atoms with Gasteiger partial charge < -0.3 is 15.4 Å². The van der Waals surface area contributed by atoms with E-state index in [0.29, 0.717) is 17.9 Å². The number of ether oxygens (including phenoxy) is 1. The molecule has 2 N–H and O–H groups in total. The third-order valence-corrected chi connectivity index (χ3v) is 3.22. The fraction of sp³-hybridized carbons (Fsp3) is 0.615. The van der Waals surface area contributed by atoms with E-state index in [9.17, 15) is 0 Å². The fourth-order valence-corrected chi connectivity index (χ4v) is 2.23. The Kier molecular flexibility index (Phi) is 3.84. The Bertz CT molecular complexity index is 352. The summed E-state index contributed by atoms with van der Waals surface area (Å²) in [5.74, 6) is 0.977. The van der Waals surface area contributed by atoms with Gasteiger partial charge in [-0.1, -0.05) is 0 Å². The zero-order valence-corrected chi connectivity index (χ0v) is 10.6. The largest absolute Gasteiger partial charge is 0.397 e. The Morgan fingerprint density at radius 1 is 1.47 bits per heavy atom. The molecule has 1 fully saturated rings. The molecule has 2 rings (SSSR count). The zero-order chi connectivity index (χ0) is 12.3. The van der Waals surface area contributed by atoms with Gasteiger partial charge in [0.05, 0.1) is 24.1 Å². The van der Waals surface area contributed by atoms with Gasteiger partial charge in [0.2, 0.25) is 0 Å². The van der Waals surface area contributed by atoms with Crippen LogP contribution in [-0.2, 0) is 4.74 Å². The van der Waals surface area contributed by atoms with Crippen molar-refractivity contribution >= 4 is 11.5 Å². The smallest absolute Gasteiger partial charge is 0.128 e. The van der Waals surface area contributed by atoms with E-state index in [1.54, 1.807) is 6.20 Å². The van der Waals surface area contributed by atoms with Crippen molar-refractivity contribution in [1.82, 2.24) is 4.98 Å². The molecule has 0 amide bonds. The molecule has 0 aliphatic carbocycles. The third-order valence-electron chi connectivity index (χ3n) is 3.22. The van der Waals surface area contributed by atoms with E-state index in [-0.39, 0.29) is 0 Å². The van der Waals surface area contributed by atoms with Crippen LogP contribution in [0.4, 0.5) is 11.5 Å². The summed E-state index contributed by atoms with van der Waals surface area (Å²) in [7, 11) is 0. The van der Waals surface area contributed by atoms with Crippen LogP contribution in [0.25, 0.3) is 0 Å². The molecule has 2 atom stereocenters. The molecule has 0 bridgehead atoms. The van der Waals surface area contributed by atoms with Crippen LogP contribution in [0.15, 0.2) is 18.3 Å². The Morgan fingerprint density at radius 2 is 2.29 bits per heavy atom. The molecule has 0 saturated carbocycles. The number of rotatable bonds is 4. The number of aromatic nitrogens is 1. The van der Waals surface area contributed by atoms with Crippen molar-refractivity contribution in [3.63, 3.8) is 0 Å². The summed E-state index contributed by atoms with van der Waals surface area (Å²) in [5.41, 5.74) is 6.35. The standard InChI is InChI=1S/C13H21N3O/c1-3-16(9-12-6-4-10(2)17-12)13-7-5-11(14)8-15-13/h5,7-8,10,12H,3-4,6,9,14H2,1-2H3. The van der Waals surface area contributed by atoms with Crippen molar-refractivity contribution < 1.29 is 4.74 Å². The van der Waals surface area contributed by atoms with Crippen LogP contribution in [0.5, 0.6) is 0 Å². The lowest BCUT2D eigenvalue weighted by Gasteiger charge is -2.25. The minimum absolute atomic E-state index is 0.337. The van der Waals surface area contributed by atoms with Crippen molar-refractivity contribution in [1.29, 1.82) is 0 Å². The van der Waals surface area contributed by atoms with E-state index >= 15 is 0 Å². The van der Waals surface area contributed by atoms with Crippen LogP contribution in [0.2, 0.25) is 0 Å². The van der Waals surface area contributed by atoms with Crippen LogP contribution in [0.3, 0.4) is 0 Å². The molecule has 0 spiro atoms. The highest BCUT2D eigenvalue weighted by atomic mass is 16.5. The van der Waals surface area contributed by atoms with Crippen molar-refractivity contribution in [2.45, 2.75) is 38.9 Å². The van der Waals surface area contributed by atoms with Crippen LogP contribution < -0.4 is 10.6 Å². The molecule has 0 radical (unpaired) electrons. The molecule has 1 aliphatic rings. The topological polar surface area (TPSA) is 51.4 Å². The minimum atomic E-state index is 0.337. The minimum Gasteiger partial charge on any atom is -0.397 e. The monoisotopic (exact) mass is 235 g/mol. The molecule has 1 saturated heterocycles. The predicted molar refractivity (Wildman–Crippen MR) is 70.1 cm³/mol. The molecule has 1 aromatic heterocycles.